The van der Waals surface area contributed by atoms with Gasteiger partial charge < -0.3 is 5.32 Å². The highest BCUT2D eigenvalue weighted by Gasteiger charge is 2.05. The van der Waals surface area contributed by atoms with Crippen LogP contribution in [0.5, 0.6) is 0 Å². The highest BCUT2D eigenvalue weighted by Crippen LogP contribution is 2.08. The zero-order valence-corrected chi connectivity index (χ0v) is 11.3. The van der Waals surface area contributed by atoms with Crippen molar-refractivity contribution in [2.75, 3.05) is 0 Å². The molecule has 0 bridgehead atoms. The van der Waals surface area contributed by atoms with Crippen molar-refractivity contribution in [3.8, 4) is 5.82 Å². The number of nitrogens with one attached hydrogen (secondary N) is 1. The first-order valence-electron chi connectivity index (χ1n) is 6.16. The number of hydrogen-bond donors (Lipinski definition) is 1. The Hall–Kier alpha value is -1.75. The maximum Gasteiger partial charge on any atom is 0.175 e. The quantitative estimate of drug-likeness (QED) is 0.892. The van der Waals surface area contributed by atoms with E-state index in [0.717, 1.165) is 29.4 Å². The van der Waals surface area contributed by atoms with Crippen molar-refractivity contribution in [2.45, 2.75) is 40.3 Å². The van der Waals surface area contributed by atoms with Crippen molar-refractivity contribution in [3.05, 3.63) is 35.3 Å². The van der Waals surface area contributed by atoms with Gasteiger partial charge in [-0.05, 0) is 32.0 Å². The van der Waals surface area contributed by atoms with Crippen LogP contribution in [0.15, 0.2) is 18.2 Å². The molecule has 0 radical (unpaired) electrons. The van der Waals surface area contributed by atoms with Crippen LogP contribution in [-0.4, -0.2) is 26.0 Å². The SMILES string of the molecule is Cc1cc(C)n(-c2ccc(CNC(C)C)nn2)n1. The van der Waals surface area contributed by atoms with Crippen LogP contribution in [-0.2, 0) is 6.54 Å². The summed E-state index contributed by atoms with van der Waals surface area (Å²) in [5.74, 6) is 0.758. The highest BCUT2D eigenvalue weighted by atomic mass is 15.3. The van der Waals surface area contributed by atoms with Gasteiger partial charge in [0.25, 0.3) is 0 Å². The Morgan fingerprint density at radius 1 is 1.22 bits per heavy atom. The molecule has 2 aromatic heterocycles. The highest BCUT2D eigenvalue weighted by molar-refractivity contribution is 5.25. The maximum absolute atomic E-state index is 4.38. The molecule has 0 aliphatic heterocycles. The molecule has 0 atom stereocenters. The minimum absolute atomic E-state index is 0.447. The molecular formula is C13H19N5. The van der Waals surface area contributed by atoms with E-state index < -0.39 is 0 Å². The molecule has 0 spiro atoms. The fourth-order valence-electron chi connectivity index (χ4n) is 1.73. The number of aromatic nitrogens is 4. The molecule has 0 saturated heterocycles. The molecule has 5 heteroatoms. The predicted molar refractivity (Wildman–Crippen MR) is 70.6 cm³/mol. The Kier molecular flexibility index (Phi) is 3.72. The van der Waals surface area contributed by atoms with Gasteiger partial charge >= 0.3 is 0 Å². The molecule has 96 valence electrons. The third-order valence-electron chi connectivity index (χ3n) is 2.62. The molecule has 2 heterocycles. The summed E-state index contributed by atoms with van der Waals surface area (Å²) >= 11 is 0. The second-order valence-corrected chi connectivity index (χ2v) is 4.76. The van der Waals surface area contributed by atoms with Gasteiger partial charge in [-0.25, -0.2) is 4.68 Å². The Bertz CT molecular complexity index is 513. The summed E-state index contributed by atoms with van der Waals surface area (Å²) in [6.45, 7) is 8.94. The summed E-state index contributed by atoms with van der Waals surface area (Å²) in [6, 6.07) is 6.40. The van der Waals surface area contributed by atoms with E-state index in [1.54, 1.807) is 0 Å². The van der Waals surface area contributed by atoms with Gasteiger partial charge in [0.15, 0.2) is 5.82 Å². The van der Waals surface area contributed by atoms with Crippen LogP contribution < -0.4 is 5.32 Å². The smallest absolute Gasteiger partial charge is 0.175 e. The summed E-state index contributed by atoms with van der Waals surface area (Å²) in [4.78, 5) is 0. The maximum atomic E-state index is 4.38. The van der Waals surface area contributed by atoms with Gasteiger partial charge in [-0.15, -0.1) is 5.10 Å². The molecule has 18 heavy (non-hydrogen) atoms. The average Bonchev–Trinajstić information content (AvgIpc) is 2.66. The summed E-state index contributed by atoms with van der Waals surface area (Å²) in [5, 5.41) is 16.1. The van der Waals surface area contributed by atoms with Gasteiger partial charge in [-0.3, -0.25) is 0 Å². The van der Waals surface area contributed by atoms with Gasteiger partial charge in [-0.1, -0.05) is 13.8 Å². The van der Waals surface area contributed by atoms with Crippen LogP contribution >= 0.6 is 0 Å². The standard InChI is InChI=1S/C13H19N5/c1-9(2)14-8-12-5-6-13(16-15-12)18-11(4)7-10(3)17-18/h5-7,9,14H,8H2,1-4H3. The van der Waals surface area contributed by atoms with E-state index >= 15 is 0 Å². The minimum Gasteiger partial charge on any atom is -0.309 e. The molecule has 1 N–H and O–H groups in total. The third-order valence-corrected chi connectivity index (χ3v) is 2.62. The Balaban J connectivity index is 2.15. The second-order valence-electron chi connectivity index (χ2n) is 4.76. The van der Waals surface area contributed by atoms with Gasteiger partial charge in [0.05, 0.1) is 11.4 Å². The molecule has 0 amide bonds. The lowest BCUT2D eigenvalue weighted by Crippen LogP contribution is -2.22. The van der Waals surface area contributed by atoms with Crippen molar-refractivity contribution >= 4 is 0 Å². The van der Waals surface area contributed by atoms with Crippen LogP contribution in [0.1, 0.15) is 30.9 Å². The van der Waals surface area contributed by atoms with Crippen molar-refractivity contribution in [3.63, 3.8) is 0 Å². The number of aryl methyl sites for hydroxylation is 2. The van der Waals surface area contributed by atoms with E-state index in [2.05, 4.69) is 34.5 Å². The lowest BCUT2D eigenvalue weighted by molar-refractivity contribution is 0.576. The molecule has 0 saturated carbocycles. The summed E-state index contributed by atoms with van der Waals surface area (Å²) < 4.78 is 1.81. The molecular weight excluding hydrogens is 226 g/mol. The summed E-state index contributed by atoms with van der Waals surface area (Å²) in [6.07, 6.45) is 0. The first kappa shape index (κ1) is 12.7. The summed E-state index contributed by atoms with van der Waals surface area (Å²) in [7, 11) is 0. The number of hydrogen-bond acceptors (Lipinski definition) is 4. The Morgan fingerprint density at radius 2 is 2.00 bits per heavy atom. The third kappa shape index (κ3) is 2.92. The van der Waals surface area contributed by atoms with Crippen molar-refractivity contribution in [1.82, 2.24) is 25.3 Å². The Labute approximate surface area is 107 Å². The molecule has 0 fully saturated rings. The number of rotatable bonds is 4. The van der Waals surface area contributed by atoms with Gasteiger partial charge in [0.1, 0.15) is 0 Å². The monoisotopic (exact) mass is 245 g/mol. The largest absolute Gasteiger partial charge is 0.309 e. The van der Waals surface area contributed by atoms with E-state index in [1.807, 2.05) is 36.7 Å². The van der Waals surface area contributed by atoms with E-state index in [1.165, 1.54) is 0 Å². The molecule has 0 aromatic carbocycles. The second kappa shape index (κ2) is 5.27. The molecule has 0 aliphatic carbocycles. The normalized spacial score (nSPS) is 11.2. The van der Waals surface area contributed by atoms with Crippen molar-refractivity contribution in [2.24, 2.45) is 0 Å². The first-order valence-corrected chi connectivity index (χ1v) is 6.16. The lowest BCUT2D eigenvalue weighted by atomic mass is 10.3. The van der Waals surface area contributed by atoms with E-state index in [-0.39, 0.29) is 0 Å². The van der Waals surface area contributed by atoms with Crippen LogP contribution in [0.4, 0.5) is 0 Å². The molecule has 0 unspecified atom stereocenters. The van der Waals surface area contributed by atoms with Gasteiger partial charge in [-0.2, -0.15) is 10.2 Å². The first-order chi connectivity index (χ1) is 8.56. The van der Waals surface area contributed by atoms with Crippen LogP contribution in [0.25, 0.3) is 5.82 Å². The fourth-order valence-corrected chi connectivity index (χ4v) is 1.73. The van der Waals surface area contributed by atoms with Crippen molar-refractivity contribution in [1.29, 1.82) is 0 Å². The minimum atomic E-state index is 0.447. The zero-order chi connectivity index (χ0) is 13.1. The lowest BCUT2D eigenvalue weighted by Gasteiger charge is -2.07. The topological polar surface area (TPSA) is 55.6 Å². The number of nitrogens with zero attached hydrogens (tertiary/aromatic N) is 4. The predicted octanol–water partition coefficient (Wildman–Crippen LogP) is 1.78. The van der Waals surface area contributed by atoms with E-state index in [9.17, 15) is 0 Å². The molecule has 0 aliphatic rings. The van der Waals surface area contributed by atoms with Crippen LogP contribution in [0.3, 0.4) is 0 Å². The fraction of sp³-hybridized carbons (Fsp3) is 0.462. The molecule has 2 rings (SSSR count). The van der Waals surface area contributed by atoms with Gasteiger partial charge in [0, 0.05) is 18.3 Å². The average molecular weight is 245 g/mol. The molecule has 2 aromatic rings. The van der Waals surface area contributed by atoms with E-state index in [4.69, 9.17) is 0 Å². The van der Waals surface area contributed by atoms with Crippen LogP contribution in [0.2, 0.25) is 0 Å². The molecule has 5 nitrogen and oxygen atoms in total. The Morgan fingerprint density at radius 3 is 2.50 bits per heavy atom. The van der Waals surface area contributed by atoms with Crippen molar-refractivity contribution < 1.29 is 0 Å². The zero-order valence-electron chi connectivity index (χ0n) is 11.3. The van der Waals surface area contributed by atoms with Gasteiger partial charge in [0.2, 0.25) is 0 Å². The van der Waals surface area contributed by atoms with Crippen LogP contribution in [0, 0.1) is 13.8 Å². The summed E-state index contributed by atoms with van der Waals surface area (Å²) in [5.41, 5.74) is 2.99. The van der Waals surface area contributed by atoms with E-state index in [0.29, 0.717) is 6.04 Å².